The fraction of sp³-hybridized carbons (Fsp3) is 0.583. The van der Waals surface area contributed by atoms with Gasteiger partial charge in [0.15, 0.2) is 0 Å². The van der Waals surface area contributed by atoms with Gasteiger partial charge in [0.05, 0.1) is 18.0 Å². The van der Waals surface area contributed by atoms with Crippen LogP contribution in [0.3, 0.4) is 0 Å². The highest BCUT2D eigenvalue weighted by Crippen LogP contribution is 2.44. The summed E-state index contributed by atoms with van der Waals surface area (Å²) in [7, 11) is -3.29. The van der Waals surface area contributed by atoms with Crippen LogP contribution in [0, 0.1) is 5.92 Å². The van der Waals surface area contributed by atoms with Crippen LogP contribution in [0.1, 0.15) is 54.5 Å². The van der Waals surface area contributed by atoms with Crippen LogP contribution in [0.4, 0.5) is 5.69 Å². The molecule has 1 spiro atoms. The molecule has 0 bridgehead atoms. The monoisotopic (exact) mass is 462 g/mol. The Morgan fingerprint density at radius 2 is 1.90 bits per heavy atom. The molecule has 31 heavy (non-hydrogen) atoms. The first-order valence-electron chi connectivity index (χ1n) is 11.4. The molecule has 0 radical (unpaired) electrons. The number of hydrogen-bond donors (Lipinski definition) is 1. The van der Waals surface area contributed by atoms with Crippen LogP contribution >= 0.6 is 11.3 Å². The Morgan fingerprint density at radius 3 is 2.55 bits per heavy atom. The number of anilines is 1. The van der Waals surface area contributed by atoms with Crippen molar-refractivity contribution in [1.82, 2.24) is 4.90 Å². The van der Waals surface area contributed by atoms with Crippen LogP contribution in [0.5, 0.6) is 0 Å². The molecule has 3 heterocycles. The number of likely N-dealkylation sites (tertiary alicyclic amines) is 1. The number of piperidine rings is 1. The minimum absolute atomic E-state index is 0.0907. The molecule has 0 saturated carbocycles. The summed E-state index contributed by atoms with van der Waals surface area (Å²) in [6.07, 6.45) is 4.22. The highest BCUT2D eigenvalue weighted by molar-refractivity contribution is 7.92. The van der Waals surface area contributed by atoms with Gasteiger partial charge in [-0.3, -0.25) is 9.62 Å². The van der Waals surface area contributed by atoms with Crippen molar-refractivity contribution in [1.29, 1.82) is 0 Å². The first-order valence-corrected chi connectivity index (χ1v) is 13.8. The summed E-state index contributed by atoms with van der Waals surface area (Å²) >= 11 is 1.97. The summed E-state index contributed by atoms with van der Waals surface area (Å²) in [5.41, 5.74) is 3.21. The Hall–Kier alpha value is -1.41. The predicted molar refractivity (Wildman–Crippen MR) is 128 cm³/mol. The fourth-order valence-electron chi connectivity index (χ4n) is 4.73. The van der Waals surface area contributed by atoms with Crippen LogP contribution in [-0.4, -0.2) is 38.8 Å². The number of nitrogens with one attached hydrogen (secondary N) is 1. The van der Waals surface area contributed by atoms with Gasteiger partial charge in [0.25, 0.3) is 0 Å². The van der Waals surface area contributed by atoms with Crippen LogP contribution < -0.4 is 4.72 Å². The minimum atomic E-state index is -3.29. The van der Waals surface area contributed by atoms with Gasteiger partial charge >= 0.3 is 0 Å². The Morgan fingerprint density at radius 1 is 1.19 bits per heavy atom. The van der Waals surface area contributed by atoms with Crippen LogP contribution in [0.25, 0.3) is 0 Å². The molecule has 2 aliphatic heterocycles. The average Bonchev–Trinajstić information content (AvgIpc) is 3.15. The van der Waals surface area contributed by atoms with Crippen molar-refractivity contribution in [3.8, 4) is 0 Å². The van der Waals surface area contributed by atoms with E-state index in [9.17, 15) is 8.42 Å². The minimum Gasteiger partial charge on any atom is -0.370 e. The Balaban J connectivity index is 1.35. The van der Waals surface area contributed by atoms with Crippen LogP contribution in [-0.2, 0) is 39.7 Å². The van der Waals surface area contributed by atoms with Gasteiger partial charge in [-0.25, -0.2) is 8.42 Å². The van der Waals surface area contributed by atoms with Crippen LogP contribution in [0.2, 0.25) is 0 Å². The molecule has 170 valence electrons. The largest absolute Gasteiger partial charge is 0.370 e. The maximum Gasteiger partial charge on any atom is 0.232 e. The molecule has 7 heteroatoms. The number of aryl methyl sites for hydroxylation is 1. The number of rotatable bonds is 7. The lowest BCUT2D eigenvalue weighted by molar-refractivity contribution is -0.0981. The summed E-state index contributed by atoms with van der Waals surface area (Å²) in [4.78, 5) is 5.49. The summed E-state index contributed by atoms with van der Waals surface area (Å²) in [6, 6.07) is 10.2. The molecular formula is C24H34N2O3S2. The van der Waals surface area contributed by atoms with Gasteiger partial charge in [-0.2, -0.15) is 0 Å². The molecule has 0 atom stereocenters. The van der Waals surface area contributed by atoms with E-state index in [4.69, 9.17) is 4.74 Å². The third-order valence-corrected chi connectivity index (χ3v) is 9.25. The van der Waals surface area contributed by atoms with E-state index in [-0.39, 0.29) is 17.3 Å². The van der Waals surface area contributed by atoms with E-state index in [1.165, 1.54) is 20.9 Å². The molecule has 1 aromatic heterocycles. The Labute approximate surface area is 190 Å². The van der Waals surface area contributed by atoms with Crippen molar-refractivity contribution in [2.75, 3.05) is 30.2 Å². The summed E-state index contributed by atoms with van der Waals surface area (Å²) < 4.78 is 33.3. The number of sulfonamides is 1. The molecule has 1 N–H and O–H groups in total. The van der Waals surface area contributed by atoms with Crippen molar-refractivity contribution in [2.45, 2.75) is 58.6 Å². The quantitative estimate of drug-likeness (QED) is 0.644. The van der Waals surface area contributed by atoms with E-state index >= 15 is 0 Å². The molecule has 0 unspecified atom stereocenters. The van der Waals surface area contributed by atoms with Crippen molar-refractivity contribution >= 4 is 27.0 Å². The zero-order valence-electron chi connectivity index (χ0n) is 18.8. The van der Waals surface area contributed by atoms with Gasteiger partial charge in [0, 0.05) is 41.5 Å². The number of ether oxygens (including phenoxy) is 1. The second kappa shape index (κ2) is 9.22. The lowest BCUT2D eigenvalue weighted by Crippen LogP contribution is -2.45. The molecule has 1 saturated heterocycles. The van der Waals surface area contributed by atoms with Gasteiger partial charge in [-0.05, 0) is 54.5 Å². The lowest BCUT2D eigenvalue weighted by Gasteiger charge is -2.44. The SMILES string of the molecule is CCc1cc2c(s1)CCOC21CCN(Cc2ccc(NS(=O)(=O)CC(C)C)cc2)CC1. The molecular weight excluding hydrogens is 428 g/mol. The number of benzene rings is 1. The summed E-state index contributed by atoms with van der Waals surface area (Å²) in [5.74, 6) is 0.240. The van der Waals surface area contributed by atoms with E-state index in [2.05, 4.69) is 22.6 Å². The maximum atomic E-state index is 12.1. The van der Waals surface area contributed by atoms with Gasteiger partial charge in [0.2, 0.25) is 10.0 Å². The van der Waals surface area contributed by atoms with Crippen molar-refractivity contribution in [3.05, 3.63) is 51.2 Å². The summed E-state index contributed by atoms with van der Waals surface area (Å²) in [5, 5.41) is 0. The van der Waals surface area contributed by atoms with E-state index in [1.807, 2.05) is 49.4 Å². The zero-order valence-corrected chi connectivity index (χ0v) is 20.4. The fourth-order valence-corrected chi connectivity index (χ4v) is 7.36. The normalized spacial score (nSPS) is 19.0. The molecule has 4 rings (SSSR count). The second-order valence-electron chi connectivity index (χ2n) is 9.25. The van der Waals surface area contributed by atoms with E-state index in [0.29, 0.717) is 5.69 Å². The molecule has 1 aromatic carbocycles. The van der Waals surface area contributed by atoms with Gasteiger partial charge in [0.1, 0.15) is 0 Å². The first kappa shape index (κ1) is 22.8. The third kappa shape index (κ3) is 5.33. The van der Waals surface area contributed by atoms with Crippen molar-refractivity contribution in [3.63, 3.8) is 0 Å². The smallest absolute Gasteiger partial charge is 0.232 e. The highest BCUT2D eigenvalue weighted by atomic mass is 32.2. The maximum absolute atomic E-state index is 12.1. The van der Waals surface area contributed by atoms with Crippen LogP contribution in [0.15, 0.2) is 30.3 Å². The standard InChI is InChI=1S/C24H34N2O3S2/c1-4-21-15-22-23(30-21)9-14-29-24(22)10-12-26(13-11-24)16-19-5-7-20(8-6-19)25-31(27,28)17-18(2)3/h5-8,15,18,25H,4,9-14,16-17H2,1-3H3. The van der Waals surface area contributed by atoms with Crippen molar-refractivity contribution in [2.24, 2.45) is 5.92 Å². The zero-order chi connectivity index (χ0) is 22.1. The first-order chi connectivity index (χ1) is 14.8. The summed E-state index contributed by atoms with van der Waals surface area (Å²) in [6.45, 7) is 9.79. The Kier molecular flexibility index (Phi) is 6.77. The average molecular weight is 463 g/mol. The van der Waals surface area contributed by atoms with Gasteiger partial charge in [-0.15, -0.1) is 11.3 Å². The number of nitrogens with zero attached hydrogens (tertiary/aromatic N) is 1. The number of thiophene rings is 1. The number of fused-ring (bicyclic) bond motifs is 2. The lowest BCUT2D eigenvalue weighted by atomic mass is 9.82. The molecule has 0 amide bonds. The van der Waals surface area contributed by atoms with Gasteiger partial charge < -0.3 is 4.74 Å². The predicted octanol–water partition coefficient (Wildman–Crippen LogP) is 4.77. The Bertz CT molecular complexity index is 988. The molecule has 1 fully saturated rings. The number of hydrogen-bond acceptors (Lipinski definition) is 5. The highest BCUT2D eigenvalue weighted by Gasteiger charge is 2.41. The van der Waals surface area contributed by atoms with Gasteiger partial charge in [-0.1, -0.05) is 32.9 Å². The molecule has 0 aliphatic carbocycles. The van der Waals surface area contributed by atoms with E-state index in [0.717, 1.165) is 51.9 Å². The van der Waals surface area contributed by atoms with Crippen molar-refractivity contribution < 1.29 is 13.2 Å². The topological polar surface area (TPSA) is 58.6 Å². The molecule has 5 nitrogen and oxygen atoms in total. The second-order valence-corrected chi connectivity index (χ2v) is 12.2. The molecule has 2 aromatic rings. The third-order valence-electron chi connectivity index (χ3n) is 6.26. The molecule has 2 aliphatic rings. The van der Waals surface area contributed by atoms with E-state index < -0.39 is 10.0 Å². The van der Waals surface area contributed by atoms with E-state index in [1.54, 1.807) is 0 Å².